The highest BCUT2D eigenvalue weighted by atomic mass is 32.2. The van der Waals surface area contributed by atoms with Crippen LogP contribution < -0.4 is 20.3 Å². The second-order valence-corrected chi connectivity index (χ2v) is 12.2. The first-order valence-corrected chi connectivity index (χ1v) is 15.3. The van der Waals surface area contributed by atoms with E-state index in [2.05, 4.69) is 28.9 Å². The lowest BCUT2D eigenvalue weighted by atomic mass is 10.1. The molecule has 0 bridgehead atoms. The molecule has 0 radical (unpaired) electrons. The molecule has 6 rings (SSSR count). The van der Waals surface area contributed by atoms with Crippen LogP contribution in [0.4, 0.5) is 21.9 Å². The number of anilines is 3. The van der Waals surface area contributed by atoms with E-state index in [1.54, 1.807) is 24.9 Å². The van der Waals surface area contributed by atoms with Gasteiger partial charge in [0.05, 0.1) is 24.1 Å². The molecule has 1 aliphatic heterocycles. The smallest absolute Gasteiger partial charge is 0.326 e. The first-order chi connectivity index (χ1) is 20.6. The molecule has 0 fully saturated rings. The Kier molecular flexibility index (Phi) is 8.35. The van der Waals surface area contributed by atoms with Gasteiger partial charge in [-0.25, -0.2) is 4.79 Å². The van der Waals surface area contributed by atoms with Gasteiger partial charge < -0.3 is 15.4 Å². The summed E-state index contributed by atoms with van der Waals surface area (Å²) in [7, 11) is 1.60. The summed E-state index contributed by atoms with van der Waals surface area (Å²) in [6, 6.07) is 32.3. The Morgan fingerprint density at radius 2 is 1.57 bits per heavy atom. The van der Waals surface area contributed by atoms with Crippen molar-refractivity contribution >= 4 is 52.5 Å². The predicted octanol–water partition coefficient (Wildman–Crippen LogP) is 8.17. The van der Waals surface area contributed by atoms with Crippen LogP contribution in [-0.4, -0.2) is 30.3 Å². The van der Waals surface area contributed by atoms with Crippen LogP contribution in [0.15, 0.2) is 137 Å². The average Bonchev–Trinajstić information content (AvgIpc) is 3.03. The number of rotatable bonds is 7. The monoisotopic (exact) mass is 591 g/mol. The number of hydrogen-bond donors (Lipinski definition) is 2. The third kappa shape index (κ3) is 6.10. The molecule has 2 N–H and O–H groups in total. The topological polar surface area (TPSA) is 70.7 Å². The van der Waals surface area contributed by atoms with Crippen molar-refractivity contribution in [2.45, 2.75) is 26.3 Å². The van der Waals surface area contributed by atoms with E-state index in [4.69, 9.17) is 4.74 Å². The van der Waals surface area contributed by atoms with Crippen LogP contribution in [0.3, 0.4) is 0 Å². The largest absolute Gasteiger partial charge is 0.497 e. The van der Waals surface area contributed by atoms with Crippen molar-refractivity contribution in [2.24, 2.45) is 0 Å². The fourth-order valence-electron chi connectivity index (χ4n) is 5.00. The third-order valence-corrected chi connectivity index (χ3v) is 9.53. The first kappa shape index (κ1) is 27.8. The number of hydrogen-bond acceptors (Lipinski definition) is 5. The molecule has 0 spiro atoms. The quantitative estimate of drug-likeness (QED) is 0.212. The van der Waals surface area contributed by atoms with Crippen molar-refractivity contribution in [3.63, 3.8) is 0 Å². The number of thioether (sulfide) groups is 2. The molecule has 3 amide bonds. The number of ether oxygens (including phenoxy) is 1. The molecule has 4 aromatic carbocycles. The first-order valence-electron chi connectivity index (χ1n) is 13.6. The van der Waals surface area contributed by atoms with Gasteiger partial charge in [-0.2, -0.15) is 0 Å². The molecule has 6 nitrogen and oxygen atoms in total. The Morgan fingerprint density at radius 3 is 2.40 bits per heavy atom. The van der Waals surface area contributed by atoms with Gasteiger partial charge in [-0.1, -0.05) is 78.9 Å². The summed E-state index contributed by atoms with van der Waals surface area (Å²) in [5.41, 5.74) is 3.09. The number of carbonyl (C=O) groups excluding carboxylic acids is 2. The number of carbonyl (C=O) groups is 2. The van der Waals surface area contributed by atoms with Crippen molar-refractivity contribution in [1.82, 2.24) is 0 Å². The number of amides is 3. The summed E-state index contributed by atoms with van der Waals surface area (Å²) >= 11 is 3.20. The van der Waals surface area contributed by atoms with Gasteiger partial charge in [-0.15, -0.1) is 23.5 Å². The molecule has 42 heavy (non-hydrogen) atoms. The van der Waals surface area contributed by atoms with Crippen LogP contribution in [0.25, 0.3) is 0 Å². The van der Waals surface area contributed by atoms with Crippen LogP contribution in [0.2, 0.25) is 0 Å². The molecule has 1 aliphatic carbocycles. The van der Waals surface area contributed by atoms with Gasteiger partial charge in [0.15, 0.2) is 0 Å². The summed E-state index contributed by atoms with van der Waals surface area (Å²) in [5.74, 6) is 0.514. The lowest BCUT2D eigenvalue weighted by molar-refractivity contribution is -0.115. The lowest BCUT2D eigenvalue weighted by Crippen LogP contribution is -2.49. The van der Waals surface area contributed by atoms with E-state index < -0.39 is 5.25 Å². The fourth-order valence-corrected chi connectivity index (χ4v) is 7.34. The predicted molar refractivity (Wildman–Crippen MR) is 173 cm³/mol. The normalized spacial score (nSPS) is 17.5. The van der Waals surface area contributed by atoms with Gasteiger partial charge in [0.2, 0.25) is 5.91 Å². The molecule has 0 saturated carbocycles. The van der Waals surface area contributed by atoms with Gasteiger partial charge in [0.1, 0.15) is 11.0 Å². The van der Waals surface area contributed by atoms with Crippen molar-refractivity contribution in [3.05, 3.63) is 133 Å². The minimum Gasteiger partial charge on any atom is -0.497 e. The van der Waals surface area contributed by atoms with Crippen molar-refractivity contribution < 1.29 is 14.3 Å². The maximum absolute atomic E-state index is 13.8. The molecule has 3 unspecified atom stereocenters. The van der Waals surface area contributed by atoms with Gasteiger partial charge >= 0.3 is 6.03 Å². The zero-order valence-electron chi connectivity index (χ0n) is 22.8. The van der Waals surface area contributed by atoms with Crippen LogP contribution in [0, 0.1) is 0 Å². The molecule has 4 aromatic rings. The maximum atomic E-state index is 13.8. The van der Waals surface area contributed by atoms with Crippen LogP contribution in [0.5, 0.6) is 5.75 Å². The molecule has 0 saturated heterocycles. The molecule has 2 aliphatic rings. The van der Waals surface area contributed by atoms with E-state index in [1.165, 1.54) is 11.8 Å². The third-order valence-electron chi connectivity index (χ3n) is 6.98. The van der Waals surface area contributed by atoms with E-state index in [9.17, 15) is 9.59 Å². The second kappa shape index (κ2) is 12.6. The molecule has 3 atom stereocenters. The van der Waals surface area contributed by atoms with Gasteiger partial charge in [-0.3, -0.25) is 9.69 Å². The number of allylic oxidation sites excluding steroid dienone is 2. The van der Waals surface area contributed by atoms with E-state index in [1.807, 2.05) is 108 Å². The Morgan fingerprint density at radius 1 is 0.833 bits per heavy atom. The van der Waals surface area contributed by atoms with Gasteiger partial charge in [0, 0.05) is 27.2 Å². The Bertz CT molecular complexity index is 1660. The fraction of sp³-hybridized carbons (Fsp3) is 0.118. The number of nitrogens with one attached hydrogen (secondary N) is 2. The number of methoxy groups -OCH3 is 1. The molecule has 210 valence electrons. The molecule has 8 heteroatoms. The Labute approximate surface area is 253 Å². The summed E-state index contributed by atoms with van der Waals surface area (Å²) in [5, 5.41) is 5.77. The van der Waals surface area contributed by atoms with Crippen molar-refractivity contribution in [3.8, 4) is 5.75 Å². The molecular formula is C34H29N3O3S2. The summed E-state index contributed by atoms with van der Waals surface area (Å²) < 4.78 is 5.31. The highest BCUT2D eigenvalue weighted by Crippen LogP contribution is 2.44. The van der Waals surface area contributed by atoms with Gasteiger partial charge in [-0.05, 0) is 48.0 Å². The van der Waals surface area contributed by atoms with Crippen molar-refractivity contribution in [2.75, 3.05) is 22.6 Å². The van der Waals surface area contributed by atoms with E-state index in [0.717, 1.165) is 21.0 Å². The average molecular weight is 592 g/mol. The number of nitrogens with zero attached hydrogens (tertiary/aromatic N) is 1. The van der Waals surface area contributed by atoms with E-state index in [0.29, 0.717) is 17.1 Å². The van der Waals surface area contributed by atoms with E-state index in [-0.39, 0.29) is 23.2 Å². The number of benzene rings is 4. The molecule has 0 aromatic heterocycles. The van der Waals surface area contributed by atoms with Crippen LogP contribution in [-0.2, 0) is 4.79 Å². The Balaban J connectivity index is 1.23. The standard InChI is InChI=1S/C34H29N3O3S2/c1-40-26-15-9-13-24(21-26)35-33(38)32(23-11-3-2-4-12-23)41-27-16-10-14-25(22-27)36-34(39)37-28-17-5-7-19-30(28)42-31-20-8-6-18-29(31)37/h2-22,28,30,32H,1H3,(H,35,38)(H,36,39). The highest BCUT2D eigenvalue weighted by Gasteiger charge is 2.36. The lowest BCUT2D eigenvalue weighted by Gasteiger charge is -2.40. The minimum absolute atomic E-state index is 0.0878. The highest BCUT2D eigenvalue weighted by molar-refractivity contribution is 8.00. The maximum Gasteiger partial charge on any atom is 0.326 e. The SMILES string of the molecule is COc1cccc(NC(=O)C(Sc2cccc(NC(=O)N3c4ccccc4SC4C=CC=CC43)c2)c2ccccc2)c1. The second-order valence-electron chi connectivity index (χ2n) is 9.77. The number of para-hydroxylation sites is 1. The van der Waals surface area contributed by atoms with Crippen molar-refractivity contribution in [1.29, 1.82) is 0 Å². The van der Waals surface area contributed by atoms with Crippen LogP contribution in [0.1, 0.15) is 10.8 Å². The summed E-state index contributed by atoms with van der Waals surface area (Å²) in [4.78, 5) is 31.1. The Hall–Kier alpha value is -4.40. The van der Waals surface area contributed by atoms with E-state index >= 15 is 0 Å². The molecule has 1 heterocycles. The number of urea groups is 1. The zero-order chi connectivity index (χ0) is 28.9. The minimum atomic E-state index is -0.519. The summed E-state index contributed by atoms with van der Waals surface area (Å²) in [6.45, 7) is 0. The van der Waals surface area contributed by atoms with Gasteiger partial charge in [0.25, 0.3) is 0 Å². The summed E-state index contributed by atoms with van der Waals surface area (Å²) in [6.07, 6.45) is 8.24. The molecular weight excluding hydrogens is 563 g/mol. The zero-order valence-corrected chi connectivity index (χ0v) is 24.5. The van der Waals surface area contributed by atoms with Crippen LogP contribution >= 0.6 is 23.5 Å². The number of fused-ring (bicyclic) bond motifs is 2.